The van der Waals surface area contributed by atoms with Gasteiger partial charge >= 0.3 is 0 Å². The van der Waals surface area contributed by atoms with Gasteiger partial charge in [0, 0.05) is 16.3 Å². The second-order valence-electron chi connectivity index (χ2n) is 11.7. The normalized spacial score (nSPS) is 12.5. The van der Waals surface area contributed by atoms with Gasteiger partial charge in [0.25, 0.3) is 0 Å². The summed E-state index contributed by atoms with van der Waals surface area (Å²) in [7, 11) is 0. The lowest BCUT2D eigenvalue weighted by Crippen LogP contribution is -2.11. The van der Waals surface area contributed by atoms with E-state index in [-0.39, 0.29) is 5.41 Å². The van der Waals surface area contributed by atoms with Crippen LogP contribution in [0.15, 0.2) is 120 Å². The van der Waals surface area contributed by atoms with Crippen LogP contribution in [0, 0.1) is 0 Å². The van der Waals surface area contributed by atoms with E-state index in [4.69, 9.17) is 4.42 Å². The molecule has 0 saturated carbocycles. The van der Waals surface area contributed by atoms with E-state index in [1.54, 1.807) is 0 Å². The highest BCUT2D eigenvalue weighted by Gasteiger charge is 2.24. The second-order valence-corrected chi connectivity index (χ2v) is 11.7. The average Bonchev–Trinajstić information content (AvgIpc) is 3.35. The fraction of sp³-hybridized carbons (Fsp3) is 0.105. The van der Waals surface area contributed by atoms with Crippen LogP contribution in [-0.2, 0) is 5.41 Å². The average molecular weight is 501 g/mol. The Labute approximate surface area is 227 Å². The smallest absolute Gasteiger partial charge is 0.139 e. The summed E-state index contributed by atoms with van der Waals surface area (Å²) in [5, 5.41) is 10.2. The summed E-state index contributed by atoms with van der Waals surface area (Å²) < 4.78 is 6.56. The maximum atomic E-state index is 6.56. The van der Waals surface area contributed by atoms with Crippen LogP contribution >= 0.6 is 0 Å². The van der Waals surface area contributed by atoms with E-state index in [1.807, 2.05) is 0 Å². The molecule has 186 valence electrons. The van der Waals surface area contributed by atoms with Crippen molar-refractivity contribution in [1.29, 1.82) is 0 Å². The van der Waals surface area contributed by atoms with Crippen LogP contribution in [0.2, 0.25) is 0 Å². The fourth-order valence-electron chi connectivity index (χ4n) is 6.55. The summed E-state index contributed by atoms with van der Waals surface area (Å²) in [6.07, 6.45) is 0. The second kappa shape index (κ2) is 7.94. The van der Waals surface area contributed by atoms with Gasteiger partial charge in [-0.25, -0.2) is 0 Å². The van der Waals surface area contributed by atoms with Crippen LogP contribution in [0.4, 0.5) is 0 Å². The van der Waals surface area contributed by atoms with Crippen molar-refractivity contribution < 1.29 is 4.42 Å². The zero-order chi connectivity index (χ0) is 26.3. The molecule has 0 N–H and O–H groups in total. The van der Waals surface area contributed by atoms with Gasteiger partial charge < -0.3 is 4.42 Å². The van der Waals surface area contributed by atoms with E-state index in [0.29, 0.717) is 0 Å². The molecule has 0 aliphatic heterocycles. The number of hydrogen-bond donors (Lipinski definition) is 0. The molecule has 7 aromatic carbocycles. The van der Waals surface area contributed by atoms with E-state index in [2.05, 4.69) is 136 Å². The number of benzene rings is 7. The van der Waals surface area contributed by atoms with Crippen LogP contribution in [0.5, 0.6) is 0 Å². The number of hydrogen-bond acceptors (Lipinski definition) is 1. The van der Waals surface area contributed by atoms with E-state index in [0.717, 1.165) is 11.2 Å². The van der Waals surface area contributed by atoms with E-state index in [1.165, 1.54) is 70.9 Å². The minimum atomic E-state index is -0.0266. The van der Waals surface area contributed by atoms with Gasteiger partial charge in [0.05, 0.1) is 0 Å². The molecule has 1 aromatic heterocycles. The molecule has 0 aliphatic carbocycles. The van der Waals surface area contributed by atoms with Gasteiger partial charge in [-0.15, -0.1) is 0 Å². The predicted molar refractivity (Wildman–Crippen MR) is 167 cm³/mol. The molecule has 0 amide bonds. The Hall–Kier alpha value is -4.62. The van der Waals surface area contributed by atoms with Crippen LogP contribution in [0.25, 0.3) is 76.5 Å². The molecule has 39 heavy (non-hydrogen) atoms. The van der Waals surface area contributed by atoms with Crippen LogP contribution in [0.1, 0.15) is 26.3 Å². The lowest BCUT2D eigenvalue weighted by Gasteiger charge is -2.21. The number of furan rings is 1. The molecule has 0 aliphatic rings. The Morgan fingerprint density at radius 1 is 0.462 bits per heavy atom. The quantitative estimate of drug-likeness (QED) is 0.215. The summed E-state index contributed by atoms with van der Waals surface area (Å²) in [4.78, 5) is 0. The summed E-state index contributed by atoms with van der Waals surface area (Å²) in [6.45, 7) is 6.78. The molecule has 8 aromatic rings. The summed E-state index contributed by atoms with van der Waals surface area (Å²) in [6, 6.07) is 42.1. The third-order valence-electron chi connectivity index (χ3n) is 8.37. The maximum Gasteiger partial charge on any atom is 0.139 e. The Kier molecular flexibility index (Phi) is 4.56. The van der Waals surface area contributed by atoms with E-state index in [9.17, 15) is 0 Å². The monoisotopic (exact) mass is 500 g/mol. The topological polar surface area (TPSA) is 13.1 Å². The van der Waals surface area contributed by atoms with Crippen LogP contribution in [0.3, 0.4) is 0 Å². The Bertz CT molecular complexity index is 2190. The highest BCUT2D eigenvalue weighted by molar-refractivity contribution is 6.28. The zero-order valence-electron chi connectivity index (χ0n) is 22.4. The van der Waals surface area contributed by atoms with Gasteiger partial charge in [0.15, 0.2) is 0 Å². The van der Waals surface area contributed by atoms with Crippen molar-refractivity contribution in [3.8, 4) is 22.3 Å². The van der Waals surface area contributed by atoms with Gasteiger partial charge in [-0.1, -0.05) is 130 Å². The molecule has 1 heteroatoms. The fourth-order valence-corrected chi connectivity index (χ4v) is 6.55. The molecule has 0 saturated heterocycles. The molecule has 1 nitrogen and oxygen atoms in total. The number of fused-ring (bicyclic) bond motifs is 3. The largest absolute Gasteiger partial charge is 0.456 e. The minimum Gasteiger partial charge on any atom is -0.456 e. The highest BCUT2D eigenvalue weighted by Crippen LogP contribution is 2.46. The van der Waals surface area contributed by atoms with E-state index < -0.39 is 0 Å². The summed E-state index contributed by atoms with van der Waals surface area (Å²) in [5.74, 6) is 0. The third-order valence-corrected chi connectivity index (χ3v) is 8.37. The first-order valence-electron chi connectivity index (χ1n) is 13.7. The molecule has 1 heterocycles. The Morgan fingerprint density at radius 2 is 1.05 bits per heavy atom. The number of rotatable bonds is 2. The highest BCUT2D eigenvalue weighted by atomic mass is 16.3. The standard InChI is InChI=1S/C38H28O/c1-38(2,3)32-22-21-30(36-31-11-7-8-12-33(31)39-37(32)36)27-18-14-25-15-19-28-26(23-9-5-4-6-10-23)17-13-24-16-20-29(27)35(25)34(24)28/h4-22H,1-3H3. The van der Waals surface area contributed by atoms with Crippen molar-refractivity contribution in [3.05, 3.63) is 121 Å². The van der Waals surface area contributed by atoms with Gasteiger partial charge in [0.2, 0.25) is 0 Å². The number of para-hydroxylation sites is 1. The van der Waals surface area contributed by atoms with Crippen molar-refractivity contribution in [3.63, 3.8) is 0 Å². The third kappa shape index (κ3) is 3.20. The van der Waals surface area contributed by atoms with E-state index >= 15 is 0 Å². The molecule has 8 rings (SSSR count). The van der Waals surface area contributed by atoms with Crippen LogP contribution < -0.4 is 0 Å². The van der Waals surface area contributed by atoms with Gasteiger partial charge in [0.1, 0.15) is 11.2 Å². The molecule has 0 atom stereocenters. The first-order valence-corrected chi connectivity index (χ1v) is 13.7. The predicted octanol–water partition coefficient (Wildman–Crippen LogP) is 11.1. The first-order chi connectivity index (χ1) is 19.0. The maximum absolute atomic E-state index is 6.56. The molecular weight excluding hydrogens is 472 g/mol. The van der Waals surface area contributed by atoms with Gasteiger partial charge in [-0.05, 0) is 66.1 Å². The van der Waals surface area contributed by atoms with Crippen molar-refractivity contribution in [2.24, 2.45) is 0 Å². The first kappa shape index (κ1) is 22.4. The Morgan fingerprint density at radius 3 is 1.77 bits per heavy atom. The molecular formula is C38H28O. The molecule has 0 radical (unpaired) electrons. The van der Waals surface area contributed by atoms with Crippen molar-refractivity contribution >= 4 is 54.3 Å². The lowest BCUT2D eigenvalue weighted by molar-refractivity contribution is 0.573. The van der Waals surface area contributed by atoms with Crippen molar-refractivity contribution in [2.75, 3.05) is 0 Å². The van der Waals surface area contributed by atoms with Gasteiger partial charge in [-0.2, -0.15) is 0 Å². The summed E-state index contributed by atoms with van der Waals surface area (Å²) >= 11 is 0. The molecule has 0 fully saturated rings. The zero-order valence-corrected chi connectivity index (χ0v) is 22.4. The van der Waals surface area contributed by atoms with Crippen molar-refractivity contribution in [1.82, 2.24) is 0 Å². The van der Waals surface area contributed by atoms with Gasteiger partial charge in [-0.3, -0.25) is 0 Å². The lowest BCUT2D eigenvalue weighted by atomic mass is 9.83. The van der Waals surface area contributed by atoms with Crippen molar-refractivity contribution in [2.45, 2.75) is 26.2 Å². The summed E-state index contributed by atoms with van der Waals surface area (Å²) in [5.41, 5.74) is 8.15. The Balaban J connectivity index is 1.50. The molecule has 0 spiro atoms. The minimum absolute atomic E-state index is 0.0266. The molecule has 0 unspecified atom stereocenters. The molecule has 0 bridgehead atoms. The van der Waals surface area contributed by atoms with Crippen LogP contribution in [-0.4, -0.2) is 0 Å². The SMILES string of the molecule is CC(C)(C)c1ccc(-c2ccc3ccc4c(-c5ccccc5)ccc5ccc2c3c54)c2c1oc1ccccc12.